The van der Waals surface area contributed by atoms with Gasteiger partial charge in [-0.2, -0.15) is 11.8 Å². The molecule has 3 rings (SSSR count). The summed E-state index contributed by atoms with van der Waals surface area (Å²) in [5, 5.41) is 0. The Hall–Kier alpha value is -1.20. The molecule has 24 heavy (non-hydrogen) atoms. The number of benzene rings is 1. The molecule has 4 nitrogen and oxygen atoms in total. The molecular weight excluding hydrogens is 318 g/mol. The Kier molecular flexibility index (Phi) is 6.06. The molecule has 0 unspecified atom stereocenters. The summed E-state index contributed by atoms with van der Waals surface area (Å²) in [7, 11) is 0. The number of piperidine rings is 1. The maximum atomic E-state index is 12.4. The van der Waals surface area contributed by atoms with Crippen molar-refractivity contribution in [1.82, 2.24) is 4.90 Å². The highest BCUT2D eigenvalue weighted by atomic mass is 32.2. The highest BCUT2D eigenvalue weighted by Crippen LogP contribution is 2.30. The molecule has 2 aliphatic heterocycles. The van der Waals surface area contributed by atoms with Crippen molar-refractivity contribution in [3.8, 4) is 0 Å². The van der Waals surface area contributed by atoms with Gasteiger partial charge >= 0.3 is 0 Å². The standard InChI is InChI=1S/C19H29N3OS/c1-24-13-9-17(20)19(23)21-10-6-15(7-11-21)14-22-12-8-16-4-2-3-5-18(16)22/h2-5,15,17H,6-14,20H2,1H3/t17-/m1/s1. The molecule has 0 saturated carbocycles. The number of likely N-dealkylation sites (tertiary alicyclic amines) is 1. The molecule has 0 radical (unpaired) electrons. The lowest BCUT2D eigenvalue weighted by atomic mass is 9.95. The Morgan fingerprint density at radius 2 is 2.04 bits per heavy atom. The Morgan fingerprint density at radius 3 is 2.79 bits per heavy atom. The van der Waals surface area contributed by atoms with Gasteiger partial charge in [-0.3, -0.25) is 4.79 Å². The first-order chi connectivity index (χ1) is 11.7. The van der Waals surface area contributed by atoms with Gasteiger partial charge in [0.05, 0.1) is 6.04 Å². The molecule has 0 aliphatic carbocycles. The number of amides is 1. The number of nitrogens with zero attached hydrogens (tertiary/aromatic N) is 2. The smallest absolute Gasteiger partial charge is 0.239 e. The fourth-order valence-corrected chi connectivity index (χ4v) is 4.34. The average Bonchev–Trinajstić information content (AvgIpc) is 3.03. The third-order valence-electron chi connectivity index (χ3n) is 5.34. The Morgan fingerprint density at radius 1 is 1.29 bits per heavy atom. The van der Waals surface area contributed by atoms with E-state index in [0.717, 1.165) is 57.6 Å². The van der Waals surface area contributed by atoms with Crippen molar-refractivity contribution in [2.24, 2.45) is 11.7 Å². The average molecular weight is 348 g/mol. The van der Waals surface area contributed by atoms with Gasteiger partial charge in [0.2, 0.25) is 5.91 Å². The van der Waals surface area contributed by atoms with Crippen LogP contribution in [0.25, 0.3) is 0 Å². The van der Waals surface area contributed by atoms with Gasteiger partial charge in [-0.25, -0.2) is 0 Å². The summed E-state index contributed by atoms with van der Waals surface area (Å²) in [4.78, 5) is 16.9. The monoisotopic (exact) mass is 347 g/mol. The second kappa shape index (κ2) is 8.26. The van der Waals surface area contributed by atoms with Crippen LogP contribution in [-0.4, -0.2) is 55.0 Å². The van der Waals surface area contributed by atoms with Crippen LogP contribution in [0.2, 0.25) is 0 Å². The normalized spacial score (nSPS) is 19.4. The maximum Gasteiger partial charge on any atom is 0.239 e. The molecule has 1 amide bonds. The highest BCUT2D eigenvalue weighted by Gasteiger charge is 2.28. The van der Waals surface area contributed by atoms with Gasteiger partial charge in [0.15, 0.2) is 0 Å². The Labute approximate surface area is 149 Å². The van der Waals surface area contributed by atoms with Crippen LogP contribution in [0.4, 0.5) is 5.69 Å². The van der Waals surface area contributed by atoms with E-state index in [1.54, 1.807) is 11.8 Å². The van der Waals surface area contributed by atoms with E-state index in [1.807, 2.05) is 4.90 Å². The zero-order valence-corrected chi connectivity index (χ0v) is 15.4. The van der Waals surface area contributed by atoms with Crippen LogP contribution >= 0.6 is 11.8 Å². The summed E-state index contributed by atoms with van der Waals surface area (Å²) in [6.45, 7) is 3.99. The lowest BCUT2D eigenvalue weighted by Crippen LogP contribution is -2.48. The zero-order valence-electron chi connectivity index (χ0n) is 14.6. The quantitative estimate of drug-likeness (QED) is 0.858. The lowest BCUT2D eigenvalue weighted by Gasteiger charge is -2.35. The van der Waals surface area contributed by atoms with Crippen LogP contribution in [0.5, 0.6) is 0 Å². The van der Waals surface area contributed by atoms with Gasteiger partial charge < -0.3 is 15.5 Å². The minimum atomic E-state index is -0.320. The molecular formula is C19H29N3OS. The summed E-state index contributed by atoms with van der Waals surface area (Å²) in [5.74, 6) is 1.79. The Balaban J connectivity index is 1.47. The van der Waals surface area contributed by atoms with Gasteiger partial charge in [-0.15, -0.1) is 0 Å². The van der Waals surface area contributed by atoms with E-state index in [4.69, 9.17) is 5.73 Å². The number of thioether (sulfide) groups is 1. The minimum Gasteiger partial charge on any atom is -0.371 e. The molecule has 0 spiro atoms. The Bertz CT molecular complexity index is 557. The van der Waals surface area contributed by atoms with Gasteiger partial charge in [-0.05, 0) is 55.2 Å². The zero-order chi connectivity index (χ0) is 16.9. The van der Waals surface area contributed by atoms with Gasteiger partial charge in [0, 0.05) is 31.9 Å². The van der Waals surface area contributed by atoms with Crippen molar-refractivity contribution in [1.29, 1.82) is 0 Å². The first-order valence-corrected chi connectivity index (χ1v) is 10.4. The molecule has 1 aromatic rings. The molecule has 0 bridgehead atoms. The van der Waals surface area contributed by atoms with Crippen LogP contribution < -0.4 is 10.6 Å². The molecule has 132 valence electrons. The van der Waals surface area contributed by atoms with E-state index in [-0.39, 0.29) is 11.9 Å². The van der Waals surface area contributed by atoms with Crippen LogP contribution in [-0.2, 0) is 11.2 Å². The molecule has 2 aliphatic rings. The van der Waals surface area contributed by atoms with Crippen molar-refractivity contribution in [3.05, 3.63) is 29.8 Å². The van der Waals surface area contributed by atoms with Crippen LogP contribution in [0.1, 0.15) is 24.8 Å². The minimum absolute atomic E-state index is 0.147. The van der Waals surface area contributed by atoms with E-state index in [9.17, 15) is 4.79 Å². The second-order valence-electron chi connectivity index (χ2n) is 6.98. The first-order valence-electron chi connectivity index (χ1n) is 9.05. The van der Waals surface area contributed by atoms with Crippen LogP contribution in [0.15, 0.2) is 24.3 Å². The third-order valence-corrected chi connectivity index (χ3v) is 5.98. The molecule has 0 aromatic heterocycles. The molecule has 2 heterocycles. The van der Waals surface area contributed by atoms with Crippen LogP contribution in [0.3, 0.4) is 0 Å². The molecule has 5 heteroatoms. The van der Waals surface area contributed by atoms with Gasteiger partial charge in [-0.1, -0.05) is 18.2 Å². The van der Waals surface area contributed by atoms with Crippen molar-refractivity contribution >= 4 is 23.4 Å². The molecule has 1 atom stereocenters. The van der Waals surface area contributed by atoms with Crippen molar-refractivity contribution in [3.63, 3.8) is 0 Å². The van der Waals surface area contributed by atoms with E-state index in [0.29, 0.717) is 5.92 Å². The number of anilines is 1. The summed E-state index contributed by atoms with van der Waals surface area (Å²) in [6, 6.07) is 8.43. The summed E-state index contributed by atoms with van der Waals surface area (Å²) >= 11 is 1.75. The van der Waals surface area contributed by atoms with Crippen LogP contribution in [0, 0.1) is 5.92 Å². The van der Waals surface area contributed by atoms with E-state index < -0.39 is 0 Å². The number of carbonyl (C=O) groups is 1. The summed E-state index contributed by atoms with van der Waals surface area (Å²) in [5.41, 5.74) is 8.93. The molecule has 1 aromatic carbocycles. The highest BCUT2D eigenvalue weighted by molar-refractivity contribution is 7.98. The fourth-order valence-electron chi connectivity index (χ4n) is 3.85. The number of para-hydroxylation sites is 1. The van der Waals surface area contributed by atoms with Crippen molar-refractivity contribution < 1.29 is 4.79 Å². The van der Waals surface area contributed by atoms with Gasteiger partial charge in [0.1, 0.15) is 0 Å². The topological polar surface area (TPSA) is 49.6 Å². The predicted octanol–water partition coefficient (Wildman–Crippen LogP) is 2.37. The van der Waals surface area contributed by atoms with Crippen molar-refractivity contribution in [2.45, 2.75) is 31.7 Å². The predicted molar refractivity (Wildman–Crippen MR) is 103 cm³/mol. The number of hydrogen-bond donors (Lipinski definition) is 1. The fraction of sp³-hybridized carbons (Fsp3) is 0.632. The molecule has 1 saturated heterocycles. The van der Waals surface area contributed by atoms with E-state index in [1.165, 1.54) is 11.3 Å². The molecule has 1 fully saturated rings. The maximum absolute atomic E-state index is 12.4. The first kappa shape index (κ1) is 17.6. The summed E-state index contributed by atoms with van der Waals surface area (Å²) in [6.07, 6.45) is 6.20. The summed E-state index contributed by atoms with van der Waals surface area (Å²) < 4.78 is 0. The number of rotatable bonds is 6. The number of carbonyl (C=O) groups excluding carboxylic acids is 1. The van der Waals surface area contributed by atoms with Gasteiger partial charge in [0.25, 0.3) is 0 Å². The third kappa shape index (κ3) is 4.06. The molecule has 2 N–H and O–H groups in total. The SMILES string of the molecule is CSCC[C@@H](N)C(=O)N1CCC(CN2CCc3ccccc32)CC1. The van der Waals surface area contributed by atoms with Crippen molar-refractivity contribution in [2.75, 3.05) is 43.1 Å². The number of hydrogen-bond acceptors (Lipinski definition) is 4. The lowest BCUT2D eigenvalue weighted by molar-refractivity contribution is -0.134. The number of nitrogens with two attached hydrogens (primary N) is 1. The van der Waals surface area contributed by atoms with E-state index >= 15 is 0 Å². The number of fused-ring (bicyclic) bond motifs is 1. The van der Waals surface area contributed by atoms with E-state index in [2.05, 4.69) is 35.4 Å². The second-order valence-corrected chi connectivity index (χ2v) is 7.97. The largest absolute Gasteiger partial charge is 0.371 e.